The number of nitrogens with one attached hydrogen (secondary N) is 2. The zero-order chi connectivity index (χ0) is 17.7. The second kappa shape index (κ2) is 5.27. The summed E-state index contributed by atoms with van der Waals surface area (Å²) in [5, 5.41) is 0.673. The molecular weight excluding hydrogens is 352 g/mol. The van der Waals surface area contributed by atoms with Crippen LogP contribution in [0.1, 0.15) is 0 Å². The van der Waals surface area contributed by atoms with E-state index in [9.17, 15) is 8.42 Å². The van der Waals surface area contributed by atoms with Gasteiger partial charge in [-0.05, 0) is 18.2 Å². The lowest BCUT2D eigenvalue weighted by Gasteiger charge is -2.06. The van der Waals surface area contributed by atoms with Crippen molar-refractivity contribution in [3.63, 3.8) is 0 Å². The zero-order valence-corrected chi connectivity index (χ0v) is 14.1. The molecule has 0 saturated heterocycles. The third kappa shape index (κ3) is 2.07. The average molecular weight is 364 g/mol. The number of hydrogen-bond acceptors (Lipinski definition) is 5. The minimum atomic E-state index is -3.73. The number of aromatic amines is 2. The molecular formula is C17H12N6O2S. The standard InChI is InChI=1S/C17H12N6O2S/c24-26(25,11-4-2-1-3-5-11)23-9-6-12-14-13(10-20-17(12)23)21-16(22-14)15-18-7-8-19-15/h1-10H,(H,18,19)(H,21,22). The van der Waals surface area contributed by atoms with Gasteiger partial charge in [-0.25, -0.2) is 27.3 Å². The SMILES string of the molecule is O=S(=O)(c1ccccc1)n1ccc2c3[nH]c(-c4ncc[nH]4)nc3cnc21. The van der Waals surface area contributed by atoms with Gasteiger partial charge in [0, 0.05) is 24.0 Å². The van der Waals surface area contributed by atoms with Crippen molar-refractivity contribution in [2.75, 3.05) is 0 Å². The Labute approximate surface area is 147 Å². The topological polar surface area (TPSA) is 109 Å². The van der Waals surface area contributed by atoms with Crippen LogP contribution < -0.4 is 0 Å². The molecule has 0 atom stereocenters. The van der Waals surface area contributed by atoms with E-state index in [2.05, 4.69) is 24.9 Å². The first-order valence-electron chi connectivity index (χ1n) is 7.81. The molecule has 0 aliphatic rings. The first-order valence-corrected chi connectivity index (χ1v) is 9.25. The Balaban J connectivity index is 1.74. The van der Waals surface area contributed by atoms with Crippen LogP contribution in [0.25, 0.3) is 33.7 Å². The number of aromatic nitrogens is 6. The summed E-state index contributed by atoms with van der Waals surface area (Å²) in [6.45, 7) is 0. The normalized spacial score (nSPS) is 12.2. The number of hydrogen-bond donors (Lipinski definition) is 2. The van der Waals surface area contributed by atoms with Crippen molar-refractivity contribution < 1.29 is 8.42 Å². The molecule has 5 aromatic rings. The van der Waals surface area contributed by atoms with Crippen LogP contribution in [0.15, 0.2) is 66.1 Å². The molecule has 0 aliphatic carbocycles. The van der Waals surface area contributed by atoms with Gasteiger partial charge >= 0.3 is 0 Å². The third-order valence-electron chi connectivity index (χ3n) is 4.16. The molecule has 0 spiro atoms. The second-order valence-electron chi connectivity index (χ2n) is 5.71. The highest BCUT2D eigenvalue weighted by Crippen LogP contribution is 2.27. The molecule has 5 rings (SSSR count). The molecule has 9 heteroatoms. The lowest BCUT2D eigenvalue weighted by atomic mass is 10.3. The van der Waals surface area contributed by atoms with Gasteiger partial charge in [0.2, 0.25) is 0 Å². The minimum Gasteiger partial charge on any atom is -0.342 e. The molecule has 1 aromatic carbocycles. The fourth-order valence-electron chi connectivity index (χ4n) is 2.94. The van der Waals surface area contributed by atoms with Gasteiger partial charge in [-0.3, -0.25) is 0 Å². The molecule has 8 nitrogen and oxygen atoms in total. The minimum absolute atomic E-state index is 0.209. The van der Waals surface area contributed by atoms with E-state index in [-0.39, 0.29) is 4.90 Å². The first-order chi connectivity index (χ1) is 12.6. The molecule has 0 radical (unpaired) electrons. The van der Waals surface area contributed by atoms with Gasteiger partial charge in [-0.2, -0.15) is 0 Å². The van der Waals surface area contributed by atoms with Gasteiger partial charge in [0.1, 0.15) is 5.52 Å². The molecule has 0 amide bonds. The highest BCUT2D eigenvalue weighted by Gasteiger charge is 2.21. The Morgan fingerprint density at radius 3 is 2.62 bits per heavy atom. The number of imidazole rings is 2. The largest absolute Gasteiger partial charge is 0.342 e. The molecule has 4 aromatic heterocycles. The number of fused-ring (bicyclic) bond motifs is 3. The second-order valence-corrected chi connectivity index (χ2v) is 7.52. The predicted octanol–water partition coefficient (Wildman–Crippen LogP) is 2.54. The van der Waals surface area contributed by atoms with Crippen LogP contribution in [0.2, 0.25) is 0 Å². The molecule has 4 heterocycles. The van der Waals surface area contributed by atoms with Crippen molar-refractivity contribution in [3.05, 3.63) is 61.2 Å². The van der Waals surface area contributed by atoms with E-state index in [0.717, 1.165) is 0 Å². The predicted molar refractivity (Wildman–Crippen MR) is 96.0 cm³/mol. The van der Waals surface area contributed by atoms with Crippen LogP contribution in [0.3, 0.4) is 0 Å². The first kappa shape index (κ1) is 14.8. The number of pyridine rings is 1. The summed E-state index contributed by atoms with van der Waals surface area (Å²) >= 11 is 0. The maximum atomic E-state index is 12.9. The molecule has 0 bridgehead atoms. The Morgan fingerprint density at radius 1 is 1.00 bits per heavy atom. The summed E-state index contributed by atoms with van der Waals surface area (Å²) in [4.78, 5) is 19.4. The van der Waals surface area contributed by atoms with Gasteiger partial charge in [0.15, 0.2) is 17.3 Å². The Kier molecular flexibility index (Phi) is 3.01. The van der Waals surface area contributed by atoms with E-state index in [1.807, 2.05) is 0 Å². The third-order valence-corrected chi connectivity index (χ3v) is 5.84. The van der Waals surface area contributed by atoms with Crippen LogP contribution in [0, 0.1) is 0 Å². The van der Waals surface area contributed by atoms with Gasteiger partial charge in [0.25, 0.3) is 10.0 Å². The molecule has 0 unspecified atom stereocenters. The monoisotopic (exact) mass is 364 g/mol. The van der Waals surface area contributed by atoms with Gasteiger partial charge in [0.05, 0.1) is 16.6 Å². The Bertz CT molecular complexity index is 1330. The Hall–Kier alpha value is -3.46. The van der Waals surface area contributed by atoms with Crippen LogP contribution in [-0.4, -0.2) is 37.3 Å². The van der Waals surface area contributed by atoms with Gasteiger partial charge in [-0.1, -0.05) is 18.2 Å². The van der Waals surface area contributed by atoms with Crippen molar-refractivity contribution in [1.82, 2.24) is 28.9 Å². The molecule has 0 saturated carbocycles. The fourth-order valence-corrected chi connectivity index (χ4v) is 4.26. The smallest absolute Gasteiger partial charge is 0.269 e. The summed E-state index contributed by atoms with van der Waals surface area (Å²) in [6.07, 6.45) is 6.41. The summed E-state index contributed by atoms with van der Waals surface area (Å²) in [5.41, 5.74) is 1.69. The van der Waals surface area contributed by atoms with Gasteiger partial charge in [-0.15, -0.1) is 0 Å². The van der Waals surface area contributed by atoms with E-state index < -0.39 is 10.0 Å². The van der Waals surface area contributed by atoms with Gasteiger partial charge < -0.3 is 9.97 Å². The van der Waals surface area contributed by atoms with Crippen molar-refractivity contribution in [1.29, 1.82) is 0 Å². The molecule has 0 aliphatic heterocycles. The lowest BCUT2D eigenvalue weighted by molar-refractivity contribution is 0.589. The lowest BCUT2D eigenvalue weighted by Crippen LogP contribution is -2.12. The molecule has 0 fully saturated rings. The van der Waals surface area contributed by atoms with Crippen molar-refractivity contribution >= 4 is 32.1 Å². The van der Waals surface area contributed by atoms with Crippen molar-refractivity contribution in [3.8, 4) is 11.6 Å². The zero-order valence-electron chi connectivity index (χ0n) is 13.3. The summed E-state index contributed by atoms with van der Waals surface area (Å²) in [6, 6.07) is 9.99. The molecule has 128 valence electrons. The fraction of sp³-hybridized carbons (Fsp3) is 0. The summed E-state index contributed by atoms with van der Waals surface area (Å²) in [7, 11) is -3.73. The summed E-state index contributed by atoms with van der Waals surface area (Å²) < 4.78 is 27.0. The quantitative estimate of drug-likeness (QED) is 0.511. The van der Waals surface area contributed by atoms with E-state index >= 15 is 0 Å². The highest BCUT2D eigenvalue weighted by atomic mass is 32.2. The number of rotatable bonds is 3. The maximum absolute atomic E-state index is 12.9. The van der Waals surface area contributed by atoms with E-state index in [1.165, 1.54) is 10.2 Å². The Morgan fingerprint density at radius 2 is 1.85 bits per heavy atom. The molecule has 26 heavy (non-hydrogen) atoms. The average Bonchev–Trinajstić information content (AvgIpc) is 3.39. The van der Waals surface area contributed by atoms with Crippen molar-refractivity contribution in [2.24, 2.45) is 0 Å². The molecule has 2 N–H and O–H groups in total. The maximum Gasteiger partial charge on any atom is 0.269 e. The van der Waals surface area contributed by atoms with E-state index in [0.29, 0.717) is 33.7 Å². The highest BCUT2D eigenvalue weighted by molar-refractivity contribution is 7.90. The van der Waals surface area contributed by atoms with Crippen LogP contribution in [0.4, 0.5) is 0 Å². The van der Waals surface area contributed by atoms with Crippen LogP contribution in [-0.2, 0) is 10.0 Å². The van der Waals surface area contributed by atoms with Crippen molar-refractivity contribution in [2.45, 2.75) is 4.90 Å². The van der Waals surface area contributed by atoms with Crippen LogP contribution >= 0.6 is 0 Å². The van der Waals surface area contributed by atoms with Crippen LogP contribution in [0.5, 0.6) is 0 Å². The van der Waals surface area contributed by atoms with E-state index in [1.54, 1.807) is 55.0 Å². The number of nitrogens with zero attached hydrogens (tertiary/aromatic N) is 4. The number of benzene rings is 1. The summed E-state index contributed by atoms with van der Waals surface area (Å²) in [5.74, 6) is 1.17. The number of H-pyrrole nitrogens is 2. The van der Waals surface area contributed by atoms with E-state index in [4.69, 9.17) is 0 Å².